The molecule has 2 aliphatic rings. The zero-order valence-electron chi connectivity index (χ0n) is 10.6. The van der Waals surface area contributed by atoms with Crippen LogP contribution in [0.2, 0.25) is 0 Å². The van der Waals surface area contributed by atoms with E-state index in [1.807, 2.05) is 0 Å². The summed E-state index contributed by atoms with van der Waals surface area (Å²) in [7, 11) is 2.15. The lowest BCUT2D eigenvalue weighted by atomic mass is 10.2. The molecule has 1 N–H and O–H groups in total. The summed E-state index contributed by atoms with van der Waals surface area (Å²) < 4.78 is 0. The van der Waals surface area contributed by atoms with Gasteiger partial charge in [0, 0.05) is 39.3 Å². The Morgan fingerprint density at radius 3 is 2.53 bits per heavy atom. The van der Waals surface area contributed by atoms with Crippen LogP contribution in [0.1, 0.15) is 12.8 Å². The number of carboxylic acid groups (broad SMARTS) is 1. The molecule has 2 fully saturated rings. The van der Waals surface area contributed by atoms with Crippen molar-refractivity contribution in [3.63, 3.8) is 0 Å². The van der Waals surface area contributed by atoms with Gasteiger partial charge < -0.3 is 10.0 Å². The molecule has 0 bridgehead atoms. The molecule has 0 spiro atoms. The highest BCUT2D eigenvalue weighted by molar-refractivity contribution is 5.73. The van der Waals surface area contributed by atoms with Crippen LogP contribution in [-0.2, 0) is 4.79 Å². The average molecular weight is 241 g/mol. The first-order valence-corrected chi connectivity index (χ1v) is 6.54. The van der Waals surface area contributed by atoms with Crippen molar-refractivity contribution < 1.29 is 9.90 Å². The number of carboxylic acids is 1. The molecule has 0 radical (unpaired) electrons. The Labute approximate surface area is 103 Å². The maximum atomic E-state index is 11.0. The van der Waals surface area contributed by atoms with Gasteiger partial charge in [-0.05, 0) is 26.4 Å². The summed E-state index contributed by atoms with van der Waals surface area (Å²) in [5, 5.41) is 9.09. The first-order chi connectivity index (χ1) is 8.16. The number of nitrogens with zero attached hydrogens (tertiary/aromatic N) is 3. The number of rotatable bonds is 4. The summed E-state index contributed by atoms with van der Waals surface area (Å²) in [6, 6.07) is -0.234. The molecule has 98 valence electrons. The molecule has 2 saturated heterocycles. The summed E-state index contributed by atoms with van der Waals surface area (Å²) in [5.74, 6) is -0.652. The molecule has 0 amide bonds. The van der Waals surface area contributed by atoms with E-state index in [4.69, 9.17) is 5.11 Å². The van der Waals surface area contributed by atoms with Gasteiger partial charge in [0.05, 0.1) is 0 Å². The van der Waals surface area contributed by atoms with E-state index in [-0.39, 0.29) is 6.04 Å². The number of carbonyl (C=O) groups is 1. The van der Waals surface area contributed by atoms with E-state index in [0.717, 1.165) is 58.7 Å². The van der Waals surface area contributed by atoms with Crippen LogP contribution in [0, 0.1) is 0 Å². The van der Waals surface area contributed by atoms with E-state index < -0.39 is 5.97 Å². The van der Waals surface area contributed by atoms with E-state index in [2.05, 4.69) is 21.7 Å². The van der Waals surface area contributed by atoms with Crippen molar-refractivity contribution in [1.29, 1.82) is 0 Å². The van der Waals surface area contributed by atoms with E-state index in [1.165, 1.54) is 0 Å². The van der Waals surface area contributed by atoms with Crippen LogP contribution in [0.5, 0.6) is 0 Å². The Bertz CT molecular complexity index is 264. The second-order valence-electron chi connectivity index (χ2n) is 5.18. The van der Waals surface area contributed by atoms with E-state index in [0.29, 0.717) is 0 Å². The molecule has 0 aromatic heterocycles. The largest absolute Gasteiger partial charge is 0.480 e. The Kier molecular flexibility index (Phi) is 4.36. The van der Waals surface area contributed by atoms with E-state index in [9.17, 15) is 4.79 Å². The topological polar surface area (TPSA) is 47.0 Å². The number of hydrogen-bond donors (Lipinski definition) is 1. The molecule has 2 rings (SSSR count). The van der Waals surface area contributed by atoms with Crippen molar-refractivity contribution in [1.82, 2.24) is 14.7 Å². The van der Waals surface area contributed by atoms with Gasteiger partial charge in [-0.25, -0.2) is 0 Å². The first-order valence-electron chi connectivity index (χ1n) is 6.54. The minimum Gasteiger partial charge on any atom is -0.480 e. The van der Waals surface area contributed by atoms with Gasteiger partial charge in [-0.3, -0.25) is 14.6 Å². The molecule has 2 heterocycles. The molecule has 5 heteroatoms. The minimum absolute atomic E-state index is 0.234. The van der Waals surface area contributed by atoms with Crippen LogP contribution in [0.3, 0.4) is 0 Å². The Morgan fingerprint density at radius 2 is 1.88 bits per heavy atom. The normalized spacial score (nSPS) is 28.6. The van der Waals surface area contributed by atoms with Gasteiger partial charge in [0.15, 0.2) is 0 Å². The monoisotopic (exact) mass is 241 g/mol. The minimum atomic E-state index is -0.652. The van der Waals surface area contributed by atoms with Crippen LogP contribution >= 0.6 is 0 Å². The fourth-order valence-corrected chi connectivity index (χ4v) is 2.71. The summed E-state index contributed by atoms with van der Waals surface area (Å²) in [6.45, 7) is 7.35. The molecule has 0 aliphatic carbocycles. The molecule has 0 aromatic rings. The lowest BCUT2D eigenvalue weighted by Crippen LogP contribution is -2.48. The summed E-state index contributed by atoms with van der Waals surface area (Å²) in [5.41, 5.74) is 0. The third-order valence-corrected chi connectivity index (χ3v) is 3.95. The van der Waals surface area contributed by atoms with Gasteiger partial charge in [-0.15, -0.1) is 0 Å². The van der Waals surface area contributed by atoms with Crippen LogP contribution in [0.25, 0.3) is 0 Å². The van der Waals surface area contributed by atoms with Gasteiger partial charge in [0.1, 0.15) is 6.04 Å². The average Bonchev–Trinajstić information content (AvgIpc) is 2.76. The Morgan fingerprint density at radius 1 is 1.18 bits per heavy atom. The zero-order valence-corrected chi connectivity index (χ0v) is 10.6. The van der Waals surface area contributed by atoms with Crippen molar-refractivity contribution >= 4 is 5.97 Å². The second-order valence-corrected chi connectivity index (χ2v) is 5.18. The standard InChI is InChI=1S/C12H23N3O2/c1-13-5-7-14(8-6-13)9-10-15-4-2-3-11(15)12(16)17/h11H,2-10H2,1H3,(H,16,17). The van der Waals surface area contributed by atoms with Crippen LogP contribution in [0.4, 0.5) is 0 Å². The lowest BCUT2D eigenvalue weighted by molar-refractivity contribution is -0.142. The first kappa shape index (κ1) is 12.8. The SMILES string of the molecule is CN1CCN(CCN2CCCC2C(=O)O)CC1. The molecule has 17 heavy (non-hydrogen) atoms. The van der Waals surface area contributed by atoms with Crippen LogP contribution in [0.15, 0.2) is 0 Å². The quantitative estimate of drug-likeness (QED) is 0.737. The molecular weight excluding hydrogens is 218 g/mol. The van der Waals surface area contributed by atoms with Gasteiger partial charge >= 0.3 is 5.97 Å². The predicted molar refractivity (Wildman–Crippen MR) is 66.2 cm³/mol. The summed E-state index contributed by atoms with van der Waals surface area (Å²) in [4.78, 5) is 18.0. The Hall–Kier alpha value is -0.650. The number of hydrogen-bond acceptors (Lipinski definition) is 4. The number of piperazine rings is 1. The van der Waals surface area contributed by atoms with Crippen molar-refractivity contribution in [2.75, 3.05) is 52.9 Å². The van der Waals surface area contributed by atoms with Crippen molar-refractivity contribution in [3.05, 3.63) is 0 Å². The third-order valence-electron chi connectivity index (χ3n) is 3.95. The maximum absolute atomic E-state index is 11.0. The van der Waals surface area contributed by atoms with Crippen LogP contribution in [-0.4, -0.2) is 84.7 Å². The van der Waals surface area contributed by atoms with Crippen molar-refractivity contribution in [2.24, 2.45) is 0 Å². The fourth-order valence-electron chi connectivity index (χ4n) is 2.71. The van der Waals surface area contributed by atoms with E-state index >= 15 is 0 Å². The predicted octanol–water partition coefficient (Wildman–Crippen LogP) is -0.217. The molecule has 2 aliphatic heterocycles. The van der Waals surface area contributed by atoms with Gasteiger partial charge in [-0.2, -0.15) is 0 Å². The number of likely N-dealkylation sites (tertiary alicyclic amines) is 1. The summed E-state index contributed by atoms with van der Waals surface area (Å²) >= 11 is 0. The smallest absolute Gasteiger partial charge is 0.320 e. The Balaban J connectivity index is 1.72. The highest BCUT2D eigenvalue weighted by Gasteiger charge is 2.30. The molecule has 1 unspecified atom stereocenters. The van der Waals surface area contributed by atoms with E-state index in [1.54, 1.807) is 0 Å². The summed E-state index contributed by atoms with van der Waals surface area (Å²) in [6.07, 6.45) is 1.85. The second kappa shape index (κ2) is 5.80. The van der Waals surface area contributed by atoms with Crippen LogP contribution < -0.4 is 0 Å². The van der Waals surface area contributed by atoms with Gasteiger partial charge in [0.25, 0.3) is 0 Å². The number of aliphatic carboxylic acids is 1. The third kappa shape index (κ3) is 3.40. The highest BCUT2D eigenvalue weighted by atomic mass is 16.4. The zero-order chi connectivity index (χ0) is 12.3. The molecular formula is C12H23N3O2. The number of likely N-dealkylation sites (N-methyl/N-ethyl adjacent to an activating group) is 1. The molecule has 1 atom stereocenters. The maximum Gasteiger partial charge on any atom is 0.320 e. The molecule has 0 saturated carbocycles. The fraction of sp³-hybridized carbons (Fsp3) is 0.917. The highest BCUT2D eigenvalue weighted by Crippen LogP contribution is 2.17. The van der Waals surface area contributed by atoms with Gasteiger partial charge in [-0.1, -0.05) is 0 Å². The van der Waals surface area contributed by atoms with Crippen molar-refractivity contribution in [2.45, 2.75) is 18.9 Å². The molecule has 0 aromatic carbocycles. The molecule has 5 nitrogen and oxygen atoms in total. The van der Waals surface area contributed by atoms with Gasteiger partial charge in [0.2, 0.25) is 0 Å². The van der Waals surface area contributed by atoms with Crippen molar-refractivity contribution in [3.8, 4) is 0 Å². The lowest BCUT2D eigenvalue weighted by Gasteiger charge is -2.33.